The second-order valence-corrected chi connectivity index (χ2v) is 7.07. The summed E-state index contributed by atoms with van der Waals surface area (Å²) in [5.41, 5.74) is -0.731. The molecule has 0 aliphatic heterocycles. The number of carboxylic acids is 1. The van der Waals surface area contributed by atoms with Gasteiger partial charge in [-0.25, -0.2) is 4.79 Å². The van der Waals surface area contributed by atoms with Crippen LogP contribution in [0.15, 0.2) is 28.0 Å². The summed E-state index contributed by atoms with van der Waals surface area (Å²) in [4.78, 5) is 9.33. The molecule has 2 N–H and O–H groups in total. The van der Waals surface area contributed by atoms with Gasteiger partial charge in [-0.2, -0.15) is 16.8 Å². The van der Waals surface area contributed by atoms with Gasteiger partial charge in [0.1, 0.15) is 4.90 Å². The fraction of sp³-hybridized carbons (Fsp3) is 0.364. The van der Waals surface area contributed by atoms with E-state index in [-0.39, 0.29) is 36.2 Å². The number of hydrogen-bond donors (Lipinski definition) is 2. The van der Waals surface area contributed by atoms with E-state index in [1.54, 1.807) is 0 Å². The van der Waals surface area contributed by atoms with E-state index in [9.17, 15) is 21.6 Å². The summed E-state index contributed by atoms with van der Waals surface area (Å²) in [6, 6.07) is 2.24. The zero-order valence-electron chi connectivity index (χ0n) is 11.0. The van der Waals surface area contributed by atoms with Crippen LogP contribution in [0.25, 0.3) is 0 Å². The molecule has 0 aliphatic rings. The minimum absolute atomic E-state index is 0. The summed E-state index contributed by atoms with van der Waals surface area (Å²) in [5.74, 6) is -1.61. The Morgan fingerprint density at radius 3 is 2.27 bits per heavy atom. The molecule has 120 valence electrons. The molecule has 0 spiro atoms. The SMILES string of the molecule is CCCCOS(=O)(=O)c1ccc(C(=O)O)c(S(=O)(=O)O)c1.[NaH]. The van der Waals surface area contributed by atoms with E-state index in [1.807, 2.05) is 6.92 Å². The molecule has 1 aromatic carbocycles. The van der Waals surface area contributed by atoms with E-state index in [0.29, 0.717) is 18.9 Å². The Bertz CT molecular complexity index is 739. The summed E-state index contributed by atoms with van der Waals surface area (Å²) in [6.45, 7) is 1.74. The van der Waals surface area contributed by atoms with Gasteiger partial charge in [0, 0.05) is 0 Å². The Morgan fingerprint density at radius 1 is 1.23 bits per heavy atom. The monoisotopic (exact) mass is 362 g/mol. The molecule has 0 saturated heterocycles. The molecule has 1 rings (SSSR count). The van der Waals surface area contributed by atoms with Crippen LogP contribution >= 0.6 is 0 Å². The molecule has 0 amide bonds. The van der Waals surface area contributed by atoms with Crippen LogP contribution in [0.2, 0.25) is 0 Å². The summed E-state index contributed by atoms with van der Waals surface area (Å²) >= 11 is 0. The van der Waals surface area contributed by atoms with Crippen LogP contribution in [0.4, 0.5) is 0 Å². The van der Waals surface area contributed by atoms with Gasteiger partial charge in [-0.05, 0) is 24.6 Å². The van der Waals surface area contributed by atoms with Gasteiger partial charge < -0.3 is 5.11 Å². The topological polar surface area (TPSA) is 135 Å². The number of hydrogen-bond acceptors (Lipinski definition) is 6. The second-order valence-electron chi connectivity index (χ2n) is 4.07. The summed E-state index contributed by atoms with van der Waals surface area (Å²) in [7, 11) is -9.11. The first-order chi connectivity index (χ1) is 9.59. The number of benzene rings is 1. The van der Waals surface area contributed by atoms with Crippen molar-refractivity contribution in [1.82, 2.24) is 0 Å². The quantitative estimate of drug-likeness (QED) is 0.310. The third-order valence-corrected chi connectivity index (χ3v) is 4.69. The normalized spacial score (nSPS) is 11.7. The third kappa shape index (κ3) is 5.61. The van der Waals surface area contributed by atoms with Crippen molar-refractivity contribution in [3.63, 3.8) is 0 Å². The second kappa shape index (κ2) is 8.39. The fourth-order valence-corrected chi connectivity index (χ4v) is 3.18. The van der Waals surface area contributed by atoms with Crippen LogP contribution < -0.4 is 0 Å². The molecule has 0 heterocycles. The van der Waals surface area contributed by atoms with Crippen molar-refractivity contribution in [2.24, 2.45) is 0 Å². The number of aromatic carboxylic acids is 1. The molecule has 22 heavy (non-hydrogen) atoms. The number of carboxylic acid groups (broad SMARTS) is 1. The van der Waals surface area contributed by atoms with E-state index < -0.39 is 41.6 Å². The van der Waals surface area contributed by atoms with Crippen LogP contribution in [0.3, 0.4) is 0 Å². The number of unbranched alkanes of at least 4 members (excludes halogenated alkanes) is 1. The van der Waals surface area contributed by atoms with Gasteiger partial charge in [0.05, 0.1) is 17.1 Å². The van der Waals surface area contributed by atoms with Gasteiger partial charge >= 0.3 is 35.5 Å². The molecule has 0 bridgehead atoms. The van der Waals surface area contributed by atoms with Crippen LogP contribution in [-0.4, -0.2) is 68.6 Å². The first-order valence-corrected chi connectivity index (χ1v) is 8.68. The van der Waals surface area contributed by atoms with E-state index in [0.717, 1.165) is 12.1 Å². The van der Waals surface area contributed by atoms with Crippen LogP contribution in [0.1, 0.15) is 30.1 Å². The van der Waals surface area contributed by atoms with Crippen molar-refractivity contribution in [2.45, 2.75) is 29.6 Å². The van der Waals surface area contributed by atoms with Gasteiger partial charge in [0.15, 0.2) is 0 Å². The van der Waals surface area contributed by atoms with Crippen molar-refractivity contribution in [3.05, 3.63) is 23.8 Å². The zero-order valence-corrected chi connectivity index (χ0v) is 12.6. The predicted molar refractivity (Wildman–Crippen MR) is 78.4 cm³/mol. The van der Waals surface area contributed by atoms with Gasteiger partial charge in [-0.15, -0.1) is 0 Å². The first kappa shape index (κ1) is 21.5. The Labute approximate surface area is 150 Å². The maximum absolute atomic E-state index is 11.8. The molecule has 0 aliphatic carbocycles. The van der Waals surface area contributed by atoms with Gasteiger partial charge in [-0.3, -0.25) is 8.74 Å². The predicted octanol–water partition coefficient (Wildman–Crippen LogP) is 0.488. The van der Waals surface area contributed by atoms with E-state index in [2.05, 4.69) is 4.18 Å². The van der Waals surface area contributed by atoms with Crippen LogP contribution in [-0.2, 0) is 24.4 Å². The number of rotatable bonds is 7. The first-order valence-electron chi connectivity index (χ1n) is 5.84. The Balaban J connectivity index is 0.00000441. The standard InChI is InChI=1S/C11H14O8S2.Na.H/c1-2-3-6-19-21(17,18)8-4-5-9(11(12)13)10(7-8)20(14,15)16;;/h4-5,7H,2-3,6H2,1H3,(H,12,13)(H,14,15,16);;. The molecular weight excluding hydrogens is 347 g/mol. The van der Waals surface area contributed by atoms with E-state index in [1.165, 1.54) is 0 Å². The van der Waals surface area contributed by atoms with Crippen LogP contribution in [0, 0.1) is 0 Å². The minimum atomic E-state index is -4.89. The molecule has 8 nitrogen and oxygen atoms in total. The van der Waals surface area contributed by atoms with Crippen molar-refractivity contribution < 1.29 is 35.5 Å². The molecule has 0 radical (unpaired) electrons. The Kier molecular flexibility index (Phi) is 8.20. The summed E-state index contributed by atoms with van der Waals surface area (Å²) in [6.07, 6.45) is 1.18. The number of carbonyl (C=O) groups is 1. The van der Waals surface area contributed by atoms with E-state index in [4.69, 9.17) is 9.66 Å². The van der Waals surface area contributed by atoms with Crippen molar-refractivity contribution >= 4 is 55.8 Å². The summed E-state index contributed by atoms with van der Waals surface area (Å²) < 4.78 is 59.6. The Hall–Kier alpha value is -0.490. The van der Waals surface area contributed by atoms with Crippen LogP contribution in [0.5, 0.6) is 0 Å². The van der Waals surface area contributed by atoms with Gasteiger partial charge in [0.2, 0.25) is 0 Å². The molecular formula is C11H15NaO8S2. The molecule has 0 fully saturated rings. The maximum atomic E-state index is 11.8. The molecule has 1 aromatic rings. The average Bonchev–Trinajstić information content (AvgIpc) is 2.37. The molecule has 0 atom stereocenters. The zero-order chi connectivity index (χ0) is 16.3. The fourth-order valence-electron chi connectivity index (χ4n) is 1.43. The Morgan fingerprint density at radius 2 is 1.82 bits per heavy atom. The van der Waals surface area contributed by atoms with Crippen molar-refractivity contribution in [3.8, 4) is 0 Å². The molecule has 0 saturated carbocycles. The molecule has 0 unspecified atom stereocenters. The summed E-state index contributed by atoms with van der Waals surface area (Å²) in [5, 5.41) is 8.84. The van der Waals surface area contributed by atoms with E-state index >= 15 is 0 Å². The molecule has 11 heteroatoms. The molecule has 0 aromatic heterocycles. The third-order valence-electron chi connectivity index (χ3n) is 2.49. The van der Waals surface area contributed by atoms with Crippen molar-refractivity contribution in [2.75, 3.05) is 6.61 Å². The van der Waals surface area contributed by atoms with Gasteiger partial charge in [0.25, 0.3) is 20.2 Å². The average molecular weight is 362 g/mol. The van der Waals surface area contributed by atoms with Crippen molar-refractivity contribution in [1.29, 1.82) is 0 Å². The van der Waals surface area contributed by atoms with Gasteiger partial charge in [-0.1, -0.05) is 13.3 Å².